The summed E-state index contributed by atoms with van der Waals surface area (Å²) in [4.78, 5) is 25.1. The van der Waals surface area contributed by atoms with Crippen molar-refractivity contribution in [1.29, 1.82) is 0 Å². The highest BCUT2D eigenvalue weighted by molar-refractivity contribution is 5.81. The van der Waals surface area contributed by atoms with Crippen LogP contribution in [0.3, 0.4) is 0 Å². The van der Waals surface area contributed by atoms with Crippen molar-refractivity contribution in [2.75, 3.05) is 45.4 Å². The highest BCUT2D eigenvalue weighted by Gasteiger charge is 2.18. The summed E-state index contributed by atoms with van der Waals surface area (Å²) in [6, 6.07) is 5.13. The Bertz CT molecular complexity index is 511. The Morgan fingerprint density at radius 2 is 1.43 bits per heavy atom. The maximum atomic E-state index is 11.8. The molecule has 7 nitrogen and oxygen atoms in total. The van der Waals surface area contributed by atoms with E-state index in [4.69, 9.17) is 18.9 Å². The molecule has 1 aromatic carbocycles. The lowest BCUT2D eigenvalue weighted by Crippen LogP contribution is -2.36. The van der Waals surface area contributed by atoms with E-state index in [-0.39, 0.29) is 26.3 Å². The first-order valence-electron chi connectivity index (χ1n) is 7.33. The monoisotopic (exact) mass is 325 g/mol. The Morgan fingerprint density at radius 3 is 1.87 bits per heavy atom. The number of hydrogen-bond acceptors (Lipinski definition) is 7. The zero-order chi connectivity index (χ0) is 17.2. The van der Waals surface area contributed by atoms with Gasteiger partial charge in [-0.3, -0.25) is 9.59 Å². The second-order valence-corrected chi connectivity index (χ2v) is 4.51. The highest BCUT2D eigenvalue weighted by atomic mass is 16.5. The number of nitrogens with zero attached hydrogens (tertiary/aromatic N) is 1. The molecule has 0 saturated carbocycles. The lowest BCUT2D eigenvalue weighted by Gasteiger charge is -2.23. The first kappa shape index (κ1) is 18.6. The fourth-order valence-corrected chi connectivity index (χ4v) is 1.99. The predicted octanol–water partition coefficient (Wildman–Crippen LogP) is 1.64. The molecule has 0 heterocycles. The molecule has 0 amide bonds. The summed E-state index contributed by atoms with van der Waals surface area (Å²) in [6.07, 6.45) is 0. The molecule has 0 bridgehead atoms. The Hall–Kier alpha value is -2.44. The summed E-state index contributed by atoms with van der Waals surface area (Å²) in [6.45, 7) is 3.87. The van der Waals surface area contributed by atoms with Crippen LogP contribution >= 0.6 is 0 Å². The molecule has 128 valence electrons. The number of esters is 2. The van der Waals surface area contributed by atoms with Crippen LogP contribution in [0.25, 0.3) is 0 Å². The van der Waals surface area contributed by atoms with Crippen molar-refractivity contribution in [3.05, 3.63) is 18.2 Å². The van der Waals surface area contributed by atoms with Gasteiger partial charge in [0.05, 0.1) is 27.4 Å². The Labute approximate surface area is 136 Å². The maximum absolute atomic E-state index is 11.8. The van der Waals surface area contributed by atoms with Gasteiger partial charge in [0.25, 0.3) is 0 Å². The van der Waals surface area contributed by atoms with Crippen LogP contribution in [0.2, 0.25) is 0 Å². The fourth-order valence-electron chi connectivity index (χ4n) is 1.99. The second kappa shape index (κ2) is 9.55. The molecule has 0 atom stereocenters. The smallest absolute Gasteiger partial charge is 0.325 e. The lowest BCUT2D eigenvalue weighted by atomic mass is 10.2. The summed E-state index contributed by atoms with van der Waals surface area (Å²) in [5.41, 5.74) is 0.628. The van der Waals surface area contributed by atoms with E-state index in [2.05, 4.69) is 0 Å². The van der Waals surface area contributed by atoms with E-state index >= 15 is 0 Å². The molecule has 0 saturated heterocycles. The Kier molecular flexibility index (Phi) is 7.73. The number of ether oxygens (including phenoxy) is 4. The van der Waals surface area contributed by atoms with Gasteiger partial charge in [0.2, 0.25) is 0 Å². The molecule has 0 fully saturated rings. The van der Waals surface area contributed by atoms with Crippen LogP contribution in [0.15, 0.2) is 18.2 Å². The summed E-state index contributed by atoms with van der Waals surface area (Å²) in [5.74, 6) is 0.212. The number of rotatable bonds is 9. The van der Waals surface area contributed by atoms with Crippen molar-refractivity contribution in [3.63, 3.8) is 0 Å². The molecule has 0 aliphatic rings. The topological polar surface area (TPSA) is 74.3 Å². The quantitative estimate of drug-likeness (QED) is 0.639. The molecule has 23 heavy (non-hydrogen) atoms. The minimum Gasteiger partial charge on any atom is -0.493 e. The number of carbonyl (C=O) groups is 2. The molecule has 0 aliphatic heterocycles. The van der Waals surface area contributed by atoms with Gasteiger partial charge in [-0.2, -0.15) is 0 Å². The molecular weight excluding hydrogens is 302 g/mol. The van der Waals surface area contributed by atoms with Crippen LogP contribution in [0, 0.1) is 0 Å². The average molecular weight is 325 g/mol. The van der Waals surface area contributed by atoms with E-state index in [1.54, 1.807) is 36.9 Å². The largest absolute Gasteiger partial charge is 0.493 e. The molecule has 0 unspecified atom stereocenters. The molecule has 0 radical (unpaired) electrons. The van der Waals surface area contributed by atoms with Crippen LogP contribution in [0.4, 0.5) is 5.69 Å². The molecule has 0 spiro atoms. The van der Waals surface area contributed by atoms with Gasteiger partial charge >= 0.3 is 11.9 Å². The standard InChI is InChI=1S/C16H23NO6/c1-5-22-15(18)10-17(11-16(19)23-6-2)12-7-8-13(20-3)14(9-12)21-4/h7-9H,5-6,10-11H2,1-4H3. The molecule has 1 aromatic rings. The fraction of sp³-hybridized carbons (Fsp3) is 0.500. The van der Waals surface area contributed by atoms with Crippen molar-refractivity contribution >= 4 is 17.6 Å². The van der Waals surface area contributed by atoms with Gasteiger partial charge in [0.15, 0.2) is 11.5 Å². The van der Waals surface area contributed by atoms with Crippen molar-refractivity contribution in [2.45, 2.75) is 13.8 Å². The van der Waals surface area contributed by atoms with Crippen molar-refractivity contribution < 1.29 is 28.5 Å². The van der Waals surface area contributed by atoms with E-state index in [9.17, 15) is 9.59 Å². The zero-order valence-electron chi connectivity index (χ0n) is 14.0. The van der Waals surface area contributed by atoms with E-state index in [0.717, 1.165) is 0 Å². The number of benzene rings is 1. The van der Waals surface area contributed by atoms with Crippen LogP contribution in [0.1, 0.15) is 13.8 Å². The number of carbonyl (C=O) groups excluding carboxylic acids is 2. The zero-order valence-corrected chi connectivity index (χ0v) is 14.0. The van der Waals surface area contributed by atoms with E-state index in [1.807, 2.05) is 0 Å². The summed E-state index contributed by atoms with van der Waals surface area (Å²) >= 11 is 0. The SMILES string of the molecule is CCOC(=O)CN(CC(=O)OCC)c1ccc(OC)c(OC)c1. The van der Waals surface area contributed by atoms with Gasteiger partial charge in [0, 0.05) is 11.8 Å². The van der Waals surface area contributed by atoms with Crippen LogP contribution in [0.5, 0.6) is 11.5 Å². The van der Waals surface area contributed by atoms with Crippen molar-refractivity contribution in [1.82, 2.24) is 0 Å². The lowest BCUT2D eigenvalue weighted by molar-refractivity contribution is -0.142. The Balaban J connectivity index is 3.01. The van der Waals surface area contributed by atoms with Crippen molar-refractivity contribution in [3.8, 4) is 11.5 Å². The van der Waals surface area contributed by atoms with E-state index in [0.29, 0.717) is 17.2 Å². The van der Waals surface area contributed by atoms with Crippen LogP contribution in [-0.4, -0.2) is 52.5 Å². The third-order valence-electron chi connectivity index (χ3n) is 2.98. The normalized spacial score (nSPS) is 9.91. The number of hydrogen-bond donors (Lipinski definition) is 0. The van der Waals surface area contributed by atoms with E-state index in [1.165, 1.54) is 14.2 Å². The molecule has 0 aliphatic carbocycles. The summed E-state index contributed by atoms with van der Waals surface area (Å²) < 4.78 is 20.3. The van der Waals surface area contributed by atoms with Crippen molar-refractivity contribution in [2.24, 2.45) is 0 Å². The molecule has 0 aromatic heterocycles. The van der Waals surface area contributed by atoms with Crippen LogP contribution < -0.4 is 14.4 Å². The van der Waals surface area contributed by atoms with E-state index < -0.39 is 11.9 Å². The van der Waals surface area contributed by atoms with Crippen LogP contribution in [-0.2, 0) is 19.1 Å². The predicted molar refractivity (Wildman–Crippen MR) is 85.0 cm³/mol. The third-order valence-corrected chi connectivity index (χ3v) is 2.98. The number of anilines is 1. The molecule has 1 rings (SSSR count). The Morgan fingerprint density at radius 1 is 0.913 bits per heavy atom. The van der Waals surface area contributed by atoms with Gasteiger partial charge < -0.3 is 23.8 Å². The molecule has 0 N–H and O–H groups in total. The van der Waals surface area contributed by atoms with Gasteiger partial charge in [-0.05, 0) is 26.0 Å². The van der Waals surface area contributed by atoms with Gasteiger partial charge in [-0.1, -0.05) is 0 Å². The van der Waals surface area contributed by atoms with Gasteiger partial charge in [0.1, 0.15) is 13.1 Å². The average Bonchev–Trinajstić information content (AvgIpc) is 2.54. The first-order chi connectivity index (χ1) is 11.0. The summed E-state index contributed by atoms with van der Waals surface area (Å²) in [5, 5.41) is 0. The maximum Gasteiger partial charge on any atom is 0.325 e. The third kappa shape index (κ3) is 5.69. The number of methoxy groups -OCH3 is 2. The second-order valence-electron chi connectivity index (χ2n) is 4.51. The summed E-state index contributed by atoms with van der Waals surface area (Å²) in [7, 11) is 3.05. The molecule has 7 heteroatoms. The molecular formula is C16H23NO6. The first-order valence-corrected chi connectivity index (χ1v) is 7.33. The van der Waals surface area contributed by atoms with Gasteiger partial charge in [-0.15, -0.1) is 0 Å². The minimum atomic E-state index is -0.424. The minimum absolute atomic E-state index is 0.0673. The van der Waals surface area contributed by atoms with Gasteiger partial charge in [-0.25, -0.2) is 0 Å². The highest BCUT2D eigenvalue weighted by Crippen LogP contribution is 2.31.